The summed E-state index contributed by atoms with van der Waals surface area (Å²) >= 11 is 0. The van der Waals surface area contributed by atoms with Crippen molar-refractivity contribution in [2.75, 3.05) is 0 Å². The van der Waals surface area contributed by atoms with Gasteiger partial charge in [-0.25, -0.2) is 0 Å². The van der Waals surface area contributed by atoms with E-state index in [0.717, 1.165) is 24.8 Å². The van der Waals surface area contributed by atoms with Gasteiger partial charge in [-0.3, -0.25) is 4.68 Å². The van der Waals surface area contributed by atoms with Crippen LogP contribution in [0.15, 0.2) is 25.0 Å². The lowest BCUT2D eigenvalue weighted by Gasteiger charge is -2.34. The van der Waals surface area contributed by atoms with Gasteiger partial charge < -0.3 is 0 Å². The molecule has 0 aliphatic heterocycles. The molecule has 0 radical (unpaired) electrons. The molecule has 1 aromatic rings. The Hall–Kier alpha value is -1.56. The maximum Gasteiger partial charge on any atom is 0.0852 e. The molecular weight excluding hydrogens is 174 g/mol. The topological polar surface area (TPSA) is 41.6 Å². The quantitative estimate of drug-likeness (QED) is 0.679. The van der Waals surface area contributed by atoms with E-state index in [0.29, 0.717) is 6.54 Å². The SMILES string of the molecule is C=CCn1cc(C2(C#N)CCC2)cn1. The Kier molecular flexibility index (Phi) is 2.12. The average Bonchev–Trinajstić information content (AvgIpc) is 2.54. The van der Waals surface area contributed by atoms with Gasteiger partial charge in [0, 0.05) is 11.8 Å². The van der Waals surface area contributed by atoms with Crippen LogP contribution in [0.1, 0.15) is 24.8 Å². The number of aromatic nitrogens is 2. The van der Waals surface area contributed by atoms with Gasteiger partial charge in [0.05, 0.1) is 24.2 Å². The first-order valence-corrected chi connectivity index (χ1v) is 4.86. The van der Waals surface area contributed by atoms with Gasteiger partial charge >= 0.3 is 0 Å². The van der Waals surface area contributed by atoms with Crippen LogP contribution >= 0.6 is 0 Å². The molecule has 72 valence electrons. The Morgan fingerprint density at radius 2 is 2.50 bits per heavy atom. The molecule has 1 fully saturated rings. The number of hydrogen-bond acceptors (Lipinski definition) is 2. The normalized spacial score (nSPS) is 18.2. The van der Waals surface area contributed by atoms with Crippen molar-refractivity contribution in [3.63, 3.8) is 0 Å². The van der Waals surface area contributed by atoms with Crippen molar-refractivity contribution in [2.45, 2.75) is 31.2 Å². The van der Waals surface area contributed by atoms with Gasteiger partial charge in [-0.1, -0.05) is 6.08 Å². The fourth-order valence-electron chi connectivity index (χ4n) is 1.84. The van der Waals surface area contributed by atoms with Crippen molar-refractivity contribution in [1.82, 2.24) is 9.78 Å². The summed E-state index contributed by atoms with van der Waals surface area (Å²) in [5.41, 5.74) is 0.826. The second-order valence-electron chi connectivity index (χ2n) is 3.79. The van der Waals surface area contributed by atoms with Crippen LogP contribution < -0.4 is 0 Å². The molecule has 3 heteroatoms. The predicted octanol–water partition coefficient (Wildman–Crippen LogP) is 2.01. The fourth-order valence-corrected chi connectivity index (χ4v) is 1.84. The number of nitrogens with zero attached hydrogens (tertiary/aromatic N) is 3. The molecule has 3 nitrogen and oxygen atoms in total. The maximum atomic E-state index is 9.12. The molecule has 1 saturated carbocycles. The predicted molar refractivity (Wildman–Crippen MR) is 53.6 cm³/mol. The van der Waals surface area contributed by atoms with E-state index in [1.807, 2.05) is 17.1 Å². The van der Waals surface area contributed by atoms with Crippen molar-refractivity contribution >= 4 is 0 Å². The van der Waals surface area contributed by atoms with Gasteiger partial charge in [0.2, 0.25) is 0 Å². The van der Waals surface area contributed by atoms with Crippen LogP contribution in [0, 0.1) is 11.3 Å². The van der Waals surface area contributed by atoms with Gasteiger partial charge in [0.15, 0.2) is 0 Å². The largest absolute Gasteiger partial charge is 0.269 e. The van der Waals surface area contributed by atoms with Crippen molar-refractivity contribution in [3.8, 4) is 6.07 Å². The Morgan fingerprint density at radius 3 is 3.00 bits per heavy atom. The smallest absolute Gasteiger partial charge is 0.0852 e. The molecule has 2 rings (SSSR count). The number of rotatable bonds is 3. The van der Waals surface area contributed by atoms with Gasteiger partial charge in [0.1, 0.15) is 0 Å². The molecule has 0 atom stereocenters. The minimum atomic E-state index is -0.237. The van der Waals surface area contributed by atoms with E-state index in [2.05, 4.69) is 17.7 Å². The van der Waals surface area contributed by atoms with Crippen molar-refractivity contribution in [3.05, 3.63) is 30.6 Å². The van der Waals surface area contributed by atoms with E-state index >= 15 is 0 Å². The summed E-state index contributed by atoms with van der Waals surface area (Å²) in [6, 6.07) is 2.41. The van der Waals surface area contributed by atoms with E-state index in [9.17, 15) is 0 Å². The van der Waals surface area contributed by atoms with E-state index in [-0.39, 0.29) is 5.41 Å². The number of hydrogen-bond donors (Lipinski definition) is 0. The van der Waals surface area contributed by atoms with E-state index in [1.165, 1.54) is 0 Å². The average molecular weight is 187 g/mol. The number of nitriles is 1. The van der Waals surface area contributed by atoms with Crippen molar-refractivity contribution < 1.29 is 0 Å². The first-order valence-electron chi connectivity index (χ1n) is 4.86. The Morgan fingerprint density at radius 1 is 1.71 bits per heavy atom. The van der Waals surface area contributed by atoms with Gasteiger partial charge in [-0.05, 0) is 19.3 Å². The summed E-state index contributed by atoms with van der Waals surface area (Å²) in [7, 11) is 0. The lowest BCUT2D eigenvalue weighted by Crippen LogP contribution is -2.31. The van der Waals surface area contributed by atoms with E-state index in [1.54, 1.807) is 6.08 Å². The van der Waals surface area contributed by atoms with Crippen LogP contribution in [0.5, 0.6) is 0 Å². The van der Waals surface area contributed by atoms with Gasteiger partial charge in [-0.15, -0.1) is 6.58 Å². The van der Waals surface area contributed by atoms with Gasteiger partial charge in [-0.2, -0.15) is 10.4 Å². The summed E-state index contributed by atoms with van der Waals surface area (Å²) in [5, 5.41) is 13.3. The molecule has 0 N–H and O–H groups in total. The van der Waals surface area contributed by atoms with Crippen LogP contribution in [0.4, 0.5) is 0 Å². The molecule has 0 aromatic carbocycles. The standard InChI is InChI=1S/C11H13N3/c1-2-6-14-8-10(7-13-14)11(9-12)4-3-5-11/h2,7-8H,1,3-6H2. The molecular formula is C11H13N3. The Balaban J connectivity index is 2.24. The molecule has 1 aromatic heterocycles. The number of allylic oxidation sites excluding steroid dienone is 1. The summed E-state index contributed by atoms with van der Waals surface area (Å²) in [6.45, 7) is 4.37. The lowest BCUT2D eigenvalue weighted by atomic mass is 9.66. The molecule has 0 saturated heterocycles. The highest BCUT2D eigenvalue weighted by atomic mass is 15.3. The first kappa shape index (κ1) is 9.01. The van der Waals surface area contributed by atoms with Gasteiger partial charge in [0.25, 0.3) is 0 Å². The van der Waals surface area contributed by atoms with E-state index in [4.69, 9.17) is 5.26 Å². The van der Waals surface area contributed by atoms with E-state index < -0.39 is 0 Å². The molecule has 1 heterocycles. The molecule has 0 spiro atoms. The Labute approximate surface area is 83.7 Å². The second kappa shape index (κ2) is 3.30. The van der Waals surface area contributed by atoms with Crippen LogP contribution in [0.25, 0.3) is 0 Å². The second-order valence-corrected chi connectivity index (χ2v) is 3.79. The maximum absolute atomic E-state index is 9.12. The summed E-state index contributed by atoms with van der Waals surface area (Å²) in [6.07, 6.45) is 8.68. The molecule has 0 unspecified atom stereocenters. The van der Waals surface area contributed by atoms with Crippen LogP contribution in [-0.2, 0) is 12.0 Å². The zero-order chi connectivity index (χ0) is 10.0. The zero-order valence-electron chi connectivity index (χ0n) is 8.11. The highest BCUT2D eigenvalue weighted by molar-refractivity contribution is 5.31. The van der Waals surface area contributed by atoms with Crippen LogP contribution in [0.2, 0.25) is 0 Å². The third kappa shape index (κ3) is 1.24. The fraction of sp³-hybridized carbons (Fsp3) is 0.455. The van der Waals surface area contributed by atoms with Crippen molar-refractivity contribution in [1.29, 1.82) is 5.26 Å². The summed E-state index contributed by atoms with van der Waals surface area (Å²) in [4.78, 5) is 0. The first-order chi connectivity index (χ1) is 6.80. The van der Waals surface area contributed by atoms with Crippen LogP contribution in [-0.4, -0.2) is 9.78 Å². The molecule has 1 aliphatic rings. The highest BCUT2D eigenvalue weighted by Gasteiger charge is 2.39. The minimum Gasteiger partial charge on any atom is -0.269 e. The Bertz CT molecular complexity index is 379. The summed E-state index contributed by atoms with van der Waals surface area (Å²) in [5.74, 6) is 0. The minimum absolute atomic E-state index is 0.237. The highest BCUT2D eigenvalue weighted by Crippen LogP contribution is 2.42. The zero-order valence-corrected chi connectivity index (χ0v) is 8.11. The van der Waals surface area contributed by atoms with Crippen LogP contribution in [0.3, 0.4) is 0 Å². The third-order valence-corrected chi connectivity index (χ3v) is 2.92. The molecule has 1 aliphatic carbocycles. The molecule has 14 heavy (non-hydrogen) atoms. The monoisotopic (exact) mass is 187 g/mol. The lowest BCUT2D eigenvalue weighted by molar-refractivity contribution is 0.324. The molecule has 0 bridgehead atoms. The summed E-state index contributed by atoms with van der Waals surface area (Å²) < 4.78 is 1.82. The third-order valence-electron chi connectivity index (χ3n) is 2.92. The van der Waals surface area contributed by atoms with Crippen molar-refractivity contribution in [2.24, 2.45) is 0 Å². The molecule has 0 amide bonds.